The second kappa shape index (κ2) is 8.04. The lowest BCUT2D eigenvalue weighted by molar-refractivity contribution is 0.0945. The van der Waals surface area contributed by atoms with E-state index < -0.39 is 9.84 Å². The number of aryl methyl sites for hydroxylation is 1. The van der Waals surface area contributed by atoms with Crippen molar-refractivity contribution in [3.8, 4) is 0 Å². The molecule has 0 radical (unpaired) electrons. The third kappa shape index (κ3) is 4.82. The zero-order chi connectivity index (χ0) is 19.4. The van der Waals surface area contributed by atoms with Crippen molar-refractivity contribution >= 4 is 21.6 Å². The summed E-state index contributed by atoms with van der Waals surface area (Å²) in [5, 5.41) is 2.87. The van der Waals surface area contributed by atoms with Gasteiger partial charge in [0.05, 0.1) is 11.5 Å². The summed E-state index contributed by atoms with van der Waals surface area (Å²) in [5.41, 5.74) is 2.42. The first kappa shape index (κ1) is 19.3. The van der Waals surface area contributed by atoms with Crippen LogP contribution in [0.25, 0.3) is 0 Å². The molecule has 1 fully saturated rings. The molecule has 1 aromatic carbocycles. The number of nitrogens with zero attached hydrogens (tertiary/aromatic N) is 3. The number of sulfone groups is 1. The second-order valence-corrected chi connectivity index (χ2v) is 9.00. The molecule has 1 unspecified atom stereocenters. The summed E-state index contributed by atoms with van der Waals surface area (Å²) in [4.78, 5) is 22.7. The molecule has 7 nitrogen and oxygen atoms in total. The Labute approximate surface area is 159 Å². The van der Waals surface area contributed by atoms with Crippen LogP contribution in [0.1, 0.15) is 35.0 Å². The number of amides is 1. The lowest BCUT2D eigenvalue weighted by atomic mass is 10.1. The summed E-state index contributed by atoms with van der Waals surface area (Å²) < 4.78 is 23.6. The first-order valence-corrected chi connectivity index (χ1v) is 10.8. The van der Waals surface area contributed by atoms with E-state index in [0.29, 0.717) is 25.3 Å². The van der Waals surface area contributed by atoms with E-state index in [4.69, 9.17) is 0 Å². The minimum absolute atomic E-state index is 0.113. The van der Waals surface area contributed by atoms with E-state index in [2.05, 4.69) is 15.3 Å². The Morgan fingerprint density at radius 1 is 1.30 bits per heavy atom. The molecule has 0 aliphatic carbocycles. The van der Waals surface area contributed by atoms with Crippen LogP contribution in [0.2, 0.25) is 0 Å². The summed E-state index contributed by atoms with van der Waals surface area (Å²) in [6.07, 6.45) is 1.93. The Bertz CT molecular complexity index is 930. The van der Waals surface area contributed by atoms with Crippen LogP contribution in [0.15, 0.2) is 36.7 Å². The van der Waals surface area contributed by atoms with Crippen molar-refractivity contribution in [2.45, 2.75) is 32.9 Å². The number of carbonyl (C=O) groups is 1. The molecule has 2 aromatic rings. The fourth-order valence-corrected chi connectivity index (χ4v) is 5.08. The van der Waals surface area contributed by atoms with Gasteiger partial charge in [-0.15, -0.1) is 0 Å². The molecule has 1 saturated heterocycles. The predicted octanol–water partition coefficient (Wildman–Crippen LogP) is 1.73. The Kier molecular flexibility index (Phi) is 5.74. The van der Waals surface area contributed by atoms with E-state index >= 15 is 0 Å². The van der Waals surface area contributed by atoms with Gasteiger partial charge in [-0.05, 0) is 25.8 Å². The minimum Gasteiger partial charge on any atom is -0.353 e. The molecular formula is C19H24N4O3S. The Balaban J connectivity index is 1.71. The van der Waals surface area contributed by atoms with Gasteiger partial charge in [0.25, 0.3) is 5.91 Å². The maximum atomic E-state index is 12.5. The van der Waals surface area contributed by atoms with Gasteiger partial charge in [-0.2, -0.15) is 0 Å². The first-order valence-electron chi connectivity index (χ1n) is 9.01. The smallest absolute Gasteiger partial charge is 0.270 e. The van der Waals surface area contributed by atoms with Gasteiger partial charge in [-0.3, -0.25) is 4.79 Å². The zero-order valence-corrected chi connectivity index (χ0v) is 16.4. The number of nitrogens with one attached hydrogen (secondary N) is 1. The lowest BCUT2D eigenvalue weighted by Gasteiger charge is -2.27. The van der Waals surface area contributed by atoms with Crippen molar-refractivity contribution in [1.29, 1.82) is 0 Å². The van der Waals surface area contributed by atoms with Crippen LogP contribution >= 0.6 is 0 Å². The number of carbonyl (C=O) groups excluding carboxylic acids is 1. The molecule has 1 aliphatic heterocycles. The summed E-state index contributed by atoms with van der Waals surface area (Å²) in [5.74, 6) is 0.619. The van der Waals surface area contributed by atoms with Gasteiger partial charge in [0.15, 0.2) is 9.84 Å². The molecule has 8 heteroatoms. The molecule has 2 heterocycles. The van der Waals surface area contributed by atoms with Crippen LogP contribution in [0, 0.1) is 6.92 Å². The third-order valence-electron chi connectivity index (χ3n) is 4.70. The first-order chi connectivity index (χ1) is 12.9. The van der Waals surface area contributed by atoms with Gasteiger partial charge in [-0.25, -0.2) is 18.4 Å². The molecule has 1 N–H and O–H groups in total. The molecule has 1 atom stereocenters. The van der Waals surface area contributed by atoms with Crippen LogP contribution in [0.3, 0.4) is 0 Å². The van der Waals surface area contributed by atoms with Crippen LogP contribution in [-0.2, 0) is 16.4 Å². The number of benzene rings is 1. The molecule has 1 amide bonds. The van der Waals surface area contributed by atoms with E-state index in [9.17, 15) is 13.2 Å². The van der Waals surface area contributed by atoms with Crippen LogP contribution < -0.4 is 10.2 Å². The number of hydrogen-bond donors (Lipinski definition) is 1. The molecule has 0 spiro atoms. The highest BCUT2D eigenvalue weighted by Crippen LogP contribution is 2.22. The number of anilines is 1. The molecule has 0 bridgehead atoms. The molecule has 3 rings (SSSR count). The van der Waals surface area contributed by atoms with Crippen molar-refractivity contribution in [2.75, 3.05) is 23.0 Å². The lowest BCUT2D eigenvalue weighted by Crippen LogP contribution is -2.37. The maximum Gasteiger partial charge on any atom is 0.270 e. The SMILES string of the molecule is CCN(c1cc(C(=O)NCc2cccc(C)c2)ncn1)C1CCS(=O)(=O)C1. The van der Waals surface area contributed by atoms with E-state index in [1.54, 1.807) is 6.07 Å². The third-order valence-corrected chi connectivity index (χ3v) is 6.46. The van der Waals surface area contributed by atoms with Gasteiger partial charge >= 0.3 is 0 Å². The molecule has 1 aliphatic rings. The Morgan fingerprint density at radius 3 is 2.78 bits per heavy atom. The summed E-state index contributed by atoms with van der Waals surface area (Å²) in [7, 11) is -2.99. The zero-order valence-electron chi connectivity index (χ0n) is 15.6. The van der Waals surface area contributed by atoms with Crippen molar-refractivity contribution in [1.82, 2.24) is 15.3 Å². The van der Waals surface area contributed by atoms with E-state index in [0.717, 1.165) is 11.1 Å². The Morgan fingerprint density at radius 2 is 2.11 bits per heavy atom. The normalized spacial score (nSPS) is 18.2. The molecule has 27 heavy (non-hydrogen) atoms. The van der Waals surface area contributed by atoms with Crippen molar-refractivity contribution in [3.05, 3.63) is 53.5 Å². The van der Waals surface area contributed by atoms with E-state index in [1.807, 2.05) is 43.0 Å². The monoisotopic (exact) mass is 388 g/mol. The molecule has 0 saturated carbocycles. The number of aromatic nitrogens is 2. The maximum absolute atomic E-state index is 12.5. The fourth-order valence-electron chi connectivity index (χ4n) is 3.35. The van der Waals surface area contributed by atoms with Crippen molar-refractivity contribution in [3.63, 3.8) is 0 Å². The van der Waals surface area contributed by atoms with Crippen molar-refractivity contribution < 1.29 is 13.2 Å². The van der Waals surface area contributed by atoms with Gasteiger partial charge in [0.1, 0.15) is 17.8 Å². The van der Waals surface area contributed by atoms with Crippen LogP contribution in [0.4, 0.5) is 5.82 Å². The average Bonchev–Trinajstić information content (AvgIpc) is 3.00. The van der Waals surface area contributed by atoms with Gasteiger partial charge in [-0.1, -0.05) is 29.8 Å². The number of rotatable bonds is 6. The fraction of sp³-hybridized carbons (Fsp3) is 0.421. The highest BCUT2D eigenvalue weighted by molar-refractivity contribution is 7.91. The predicted molar refractivity (Wildman–Crippen MR) is 104 cm³/mol. The second-order valence-electron chi connectivity index (χ2n) is 6.78. The topological polar surface area (TPSA) is 92.3 Å². The van der Waals surface area contributed by atoms with Crippen LogP contribution in [0.5, 0.6) is 0 Å². The Hall–Kier alpha value is -2.48. The summed E-state index contributed by atoms with van der Waals surface area (Å²) in [6.45, 7) is 4.98. The average molecular weight is 388 g/mol. The van der Waals surface area contributed by atoms with Gasteiger partial charge < -0.3 is 10.2 Å². The summed E-state index contributed by atoms with van der Waals surface area (Å²) >= 11 is 0. The summed E-state index contributed by atoms with van der Waals surface area (Å²) in [6, 6.07) is 9.44. The van der Waals surface area contributed by atoms with Crippen LogP contribution in [-0.4, -0.2) is 48.4 Å². The minimum atomic E-state index is -2.99. The molecule has 144 valence electrons. The highest BCUT2D eigenvalue weighted by Gasteiger charge is 2.32. The number of hydrogen-bond acceptors (Lipinski definition) is 6. The van der Waals surface area contributed by atoms with Gasteiger partial charge in [0, 0.05) is 25.2 Å². The quantitative estimate of drug-likeness (QED) is 0.810. The van der Waals surface area contributed by atoms with Gasteiger partial charge in [0.2, 0.25) is 0 Å². The van der Waals surface area contributed by atoms with E-state index in [-0.39, 0.29) is 29.1 Å². The van der Waals surface area contributed by atoms with Crippen molar-refractivity contribution in [2.24, 2.45) is 0 Å². The largest absolute Gasteiger partial charge is 0.353 e. The standard InChI is InChI=1S/C19H24N4O3S/c1-3-23(16-7-8-27(25,26)12-16)18-10-17(21-13-22-18)19(24)20-11-15-6-4-5-14(2)9-15/h4-6,9-10,13,16H,3,7-8,11-12H2,1-2H3,(H,20,24). The highest BCUT2D eigenvalue weighted by atomic mass is 32.2. The molecular weight excluding hydrogens is 364 g/mol. The van der Waals surface area contributed by atoms with E-state index in [1.165, 1.54) is 6.33 Å². The molecule has 1 aromatic heterocycles.